The molecule has 0 radical (unpaired) electrons. The summed E-state index contributed by atoms with van der Waals surface area (Å²) >= 11 is 0. The highest BCUT2D eigenvalue weighted by molar-refractivity contribution is 5.97. The summed E-state index contributed by atoms with van der Waals surface area (Å²) in [7, 11) is 0. The number of para-hydroxylation sites is 2. The lowest BCUT2D eigenvalue weighted by atomic mass is 10.1. The SMILES string of the molecule is Cc1ccc(C(=O)CCC(=O)NCCCn2c(=O)[nH]c3ccccc32)cc1. The third-order valence-electron chi connectivity index (χ3n) is 4.51. The Balaban J connectivity index is 1.42. The number of ketones is 1. The molecule has 27 heavy (non-hydrogen) atoms. The first-order valence-electron chi connectivity index (χ1n) is 9.09. The molecule has 3 aromatic rings. The highest BCUT2D eigenvalue weighted by atomic mass is 16.2. The zero-order valence-electron chi connectivity index (χ0n) is 15.3. The van der Waals surface area contributed by atoms with Crippen LogP contribution in [0, 0.1) is 6.92 Å². The predicted octanol–water partition coefficient (Wildman–Crippen LogP) is 2.81. The van der Waals surface area contributed by atoms with Crippen LogP contribution in [0.4, 0.5) is 0 Å². The number of nitrogens with zero attached hydrogens (tertiary/aromatic N) is 1. The molecule has 0 saturated heterocycles. The van der Waals surface area contributed by atoms with E-state index in [1.807, 2.05) is 43.3 Å². The molecule has 1 heterocycles. The Morgan fingerprint density at radius 3 is 2.56 bits per heavy atom. The standard InChI is InChI=1S/C21H23N3O3/c1-15-7-9-16(10-8-15)19(25)11-12-20(26)22-13-4-14-24-18-6-3-2-5-17(18)23-21(24)27/h2-3,5-10H,4,11-14H2,1H3,(H,22,26)(H,23,27). The normalized spacial score (nSPS) is 10.9. The number of Topliss-reactive ketones (excluding diaryl/α,β-unsaturated/α-hetero) is 1. The van der Waals surface area contributed by atoms with Crippen molar-refractivity contribution in [2.24, 2.45) is 0 Å². The molecule has 0 atom stereocenters. The minimum absolute atomic E-state index is 0.0319. The smallest absolute Gasteiger partial charge is 0.326 e. The van der Waals surface area contributed by atoms with Crippen molar-refractivity contribution in [1.82, 2.24) is 14.9 Å². The molecule has 0 aliphatic carbocycles. The maximum Gasteiger partial charge on any atom is 0.326 e. The number of aromatic amines is 1. The van der Waals surface area contributed by atoms with E-state index in [0.717, 1.165) is 16.6 Å². The van der Waals surface area contributed by atoms with Gasteiger partial charge in [0.05, 0.1) is 11.0 Å². The number of aryl methyl sites for hydroxylation is 2. The van der Waals surface area contributed by atoms with Crippen molar-refractivity contribution in [1.29, 1.82) is 0 Å². The lowest BCUT2D eigenvalue weighted by Crippen LogP contribution is -2.26. The Morgan fingerprint density at radius 1 is 1.04 bits per heavy atom. The third-order valence-corrected chi connectivity index (χ3v) is 4.51. The van der Waals surface area contributed by atoms with E-state index in [-0.39, 0.29) is 30.2 Å². The second kappa shape index (κ2) is 8.49. The summed E-state index contributed by atoms with van der Waals surface area (Å²) in [6.45, 7) is 2.95. The highest BCUT2D eigenvalue weighted by Crippen LogP contribution is 2.09. The number of hydrogen-bond donors (Lipinski definition) is 2. The van der Waals surface area contributed by atoms with Gasteiger partial charge in [-0.15, -0.1) is 0 Å². The van der Waals surface area contributed by atoms with Gasteiger partial charge in [0.25, 0.3) is 0 Å². The fraction of sp³-hybridized carbons (Fsp3) is 0.286. The summed E-state index contributed by atoms with van der Waals surface area (Å²) in [5.41, 5.74) is 3.25. The number of amides is 1. The zero-order chi connectivity index (χ0) is 19.2. The van der Waals surface area contributed by atoms with Crippen LogP contribution in [0.1, 0.15) is 35.2 Å². The predicted molar refractivity (Wildman–Crippen MR) is 105 cm³/mol. The van der Waals surface area contributed by atoms with Gasteiger partial charge in [0, 0.05) is 31.5 Å². The van der Waals surface area contributed by atoms with Crippen molar-refractivity contribution in [3.63, 3.8) is 0 Å². The fourth-order valence-electron chi connectivity index (χ4n) is 2.99. The number of H-pyrrole nitrogens is 1. The van der Waals surface area contributed by atoms with Crippen molar-refractivity contribution >= 4 is 22.7 Å². The van der Waals surface area contributed by atoms with Crippen LogP contribution < -0.4 is 11.0 Å². The van der Waals surface area contributed by atoms with Gasteiger partial charge in [-0.1, -0.05) is 42.0 Å². The first-order valence-corrected chi connectivity index (χ1v) is 9.09. The van der Waals surface area contributed by atoms with E-state index in [4.69, 9.17) is 0 Å². The van der Waals surface area contributed by atoms with Gasteiger partial charge in [-0.3, -0.25) is 14.2 Å². The average Bonchev–Trinajstić information content (AvgIpc) is 2.99. The maximum atomic E-state index is 12.1. The van der Waals surface area contributed by atoms with Crippen molar-refractivity contribution in [2.75, 3.05) is 6.54 Å². The van der Waals surface area contributed by atoms with E-state index in [1.165, 1.54) is 0 Å². The zero-order valence-corrected chi connectivity index (χ0v) is 15.3. The van der Waals surface area contributed by atoms with Gasteiger partial charge >= 0.3 is 5.69 Å². The van der Waals surface area contributed by atoms with Gasteiger partial charge in [-0.05, 0) is 25.5 Å². The van der Waals surface area contributed by atoms with E-state index in [9.17, 15) is 14.4 Å². The molecule has 0 spiro atoms. The Kier molecular flexibility index (Phi) is 5.86. The largest absolute Gasteiger partial charge is 0.356 e. The molecule has 0 aliphatic heterocycles. The minimum atomic E-state index is -0.151. The molecular formula is C21H23N3O3. The first kappa shape index (κ1) is 18.6. The van der Waals surface area contributed by atoms with E-state index in [2.05, 4.69) is 10.3 Å². The summed E-state index contributed by atoms with van der Waals surface area (Å²) in [5, 5.41) is 2.81. The van der Waals surface area contributed by atoms with Crippen LogP contribution in [-0.4, -0.2) is 27.8 Å². The van der Waals surface area contributed by atoms with Crippen LogP contribution >= 0.6 is 0 Å². The van der Waals surface area contributed by atoms with Gasteiger partial charge < -0.3 is 10.3 Å². The Bertz CT molecular complexity index is 999. The van der Waals surface area contributed by atoms with Crippen molar-refractivity contribution in [2.45, 2.75) is 32.7 Å². The molecule has 0 fully saturated rings. The van der Waals surface area contributed by atoms with Crippen LogP contribution in [0.2, 0.25) is 0 Å². The molecule has 2 aromatic carbocycles. The molecule has 6 heteroatoms. The summed E-state index contributed by atoms with van der Waals surface area (Å²) in [5.74, 6) is -0.183. The molecule has 1 amide bonds. The second-order valence-electron chi connectivity index (χ2n) is 6.59. The number of hydrogen-bond acceptors (Lipinski definition) is 3. The number of carbonyl (C=O) groups is 2. The van der Waals surface area contributed by atoms with Gasteiger partial charge in [-0.25, -0.2) is 4.79 Å². The van der Waals surface area contributed by atoms with Crippen LogP contribution in [0.5, 0.6) is 0 Å². The lowest BCUT2D eigenvalue weighted by molar-refractivity contribution is -0.121. The van der Waals surface area contributed by atoms with Crippen molar-refractivity contribution in [3.8, 4) is 0 Å². The van der Waals surface area contributed by atoms with E-state index in [0.29, 0.717) is 25.1 Å². The van der Waals surface area contributed by atoms with Gasteiger partial charge in [0.2, 0.25) is 5.91 Å². The number of rotatable bonds is 8. The minimum Gasteiger partial charge on any atom is -0.356 e. The number of nitrogens with one attached hydrogen (secondary N) is 2. The lowest BCUT2D eigenvalue weighted by Gasteiger charge is -2.06. The summed E-state index contributed by atoms with van der Waals surface area (Å²) in [6.07, 6.45) is 0.996. The highest BCUT2D eigenvalue weighted by Gasteiger charge is 2.09. The van der Waals surface area contributed by atoms with Crippen LogP contribution in [0.15, 0.2) is 53.3 Å². The molecule has 3 rings (SSSR count). The van der Waals surface area contributed by atoms with Gasteiger partial charge in [-0.2, -0.15) is 0 Å². The summed E-state index contributed by atoms with van der Waals surface area (Å²) in [4.78, 5) is 38.8. The quantitative estimate of drug-likeness (QED) is 0.476. The molecule has 0 aliphatic rings. The molecule has 2 N–H and O–H groups in total. The molecule has 1 aromatic heterocycles. The van der Waals surface area contributed by atoms with Crippen LogP contribution in [0.25, 0.3) is 11.0 Å². The molecule has 0 unspecified atom stereocenters. The van der Waals surface area contributed by atoms with E-state index in [1.54, 1.807) is 16.7 Å². The molecule has 0 saturated carbocycles. The topological polar surface area (TPSA) is 84.0 Å². The molecule has 140 valence electrons. The van der Waals surface area contributed by atoms with Crippen LogP contribution in [0.3, 0.4) is 0 Å². The van der Waals surface area contributed by atoms with E-state index < -0.39 is 0 Å². The average molecular weight is 365 g/mol. The summed E-state index contributed by atoms with van der Waals surface area (Å²) < 4.78 is 1.67. The number of fused-ring (bicyclic) bond motifs is 1. The number of imidazole rings is 1. The Labute approximate surface area is 157 Å². The fourth-order valence-corrected chi connectivity index (χ4v) is 2.99. The Hall–Kier alpha value is -3.15. The van der Waals surface area contributed by atoms with Gasteiger partial charge in [0.1, 0.15) is 0 Å². The van der Waals surface area contributed by atoms with Crippen molar-refractivity contribution < 1.29 is 9.59 Å². The number of benzene rings is 2. The van der Waals surface area contributed by atoms with E-state index >= 15 is 0 Å². The molecule has 0 bridgehead atoms. The van der Waals surface area contributed by atoms with Gasteiger partial charge in [0.15, 0.2) is 5.78 Å². The number of aromatic nitrogens is 2. The van der Waals surface area contributed by atoms with Crippen molar-refractivity contribution in [3.05, 3.63) is 70.1 Å². The Morgan fingerprint density at radius 2 is 1.78 bits per heavy atom. The third kappa shape index (κ3) is 4.73. The monoisotopic (exact) mass is 365 g/mol. The second-order valence-corrected chi connectivity index (χ2v) is 6.59. The summed E-state index contributed by atoms with van der Waals surface area (Å²) in [6, 6.07) is 14.9. The molecule has 6 nitrogen and oxygen atoms in total. The molecular weight excluding hydrogens is 342 g/mol. The first-order chi connectivity index (χ1) is 13.0. The van der Waals surface area contributed by atoms with Crippen LogP contribution in [-0.2, 0) is 11.3 Å². The number of carbonyl (C=O) groups excluding carboxylic acids is 2. The maximum absolute atomic E-state index is 12.1.